The molecule has 0 aromatic heterocycles. The van der Waals surface area contributed by atoms with Gasteiger partial charge < -0.3 is 52.3 Å². The summed E-state index contributed by atoms with van der Waals surface area (Å²) >= 11 is 0. The van der Waals surface area contributed by atoms with Crippen LogP contribution in [0.25, 0.3) is 0 Å². The Morgan fingerprint density at radius 1 is 0.694 bits per heavy atom. The van der Waals surface area contributed by atoms with Crippen molar-refractivity contribution in [3.05, 3.63) is 0 Å². The molecule has 5 unspecified atom stereocenters. The summed E-state index contributed by atoms with van der Waals surface area (Å²) in [6.45, 7) is 9.03. The van der Waals surface area contributed by atoms with E-state index in [1.807, 2.05) is 0 Å². The summed E-state index contributed by atoms with van der Waals surface area (Å²) in [5.41, 5.74) is 0. The molecule has 0 bridgehead atoms. The number of aliphatic hydroxyl groups excluding tert-OH is 2. The molecule has 0 amide bonds. The van der Waals surface area contributed by atoms with E-state index in [-0.39, 0.29) is 24.0 Å². The third kappa shape index (κ3) is 7.15. The summed E-state index contributed by atoms with van der Waals surface area (Å²) in [6.07, 6.45) is -6.65. The third-order valence-electron chi connectivity index (χ3n) is 7.55. The molecule has 3 rings (SSSR count). The normalized spacial score (nSPS) is 46.6. The lowest BCUT2D eigenvalue weighted by Crippen LogP contribution is -2.36. The number of rotatable bonds is 11. The van der Waals surface area contributed by atoms with Crippen molar-refractivity contribution in [3.8, 4) is 0 Å². The predicted molar refractivity (Wildman–Crippen MR) is 120 cm³/mol. The first-order chi connectivity index (χ1) is 16.7. The molecule has 36 heavy (non-hydrogen) atoms. The highest BCUT2D eigenvalue weighted by molar-refractivity contribution is 7.46. The van der Waals surface area contributed by atoms with Crippen LogP contribution in [0.15, 0.2) is 0 Å². The SMILES string of the molecule is CC1[C@H](C)O[C@H](COP(=O)([O-])O[C@@H]2C(C)[C@H](C)O[C@@H]2COP(=O)([O-])O[C@@H]2C(C)[C@H](C)O[C@@H]2CO)[C@@H]1O. The fourth-order valence-corrected chi connectivity index (χ4v) is 6.73. The molecule has 15 heteroatoms. The smallest absolute Gasteiger partial charge is 0.268 e. The predicted octanol–water partition coefficient (Wildman–Crippen LogP) is 0.350. The van der Waals surface area contributed by atoms with Gasteiger partial charge in [0, 0.05) is 17.8 Å². The quantitative estimate of drug-likeness (QED) is 0.330. The van der Waals surface area contributed by atoms with E-state index in [2.05, 4.69) is 0 Å². The van der Waals surface area contributed by atoms with E-state index in [1.54, 1.807) is 41.5 Å². The Bertz CT molecular complexity index is 830. The minimum absolute atomic E-state index is 0.184. The number of hydrogen-bond donors (Lipinski definition) is 2. The van der Waals surface area contributed by atoms with Gasteiger partial charge in [-0.2, -0.15) is 0 Å². The molecule has 0 spiro atoms. The first-order valence-corrected chi connectivity index (χ1v) is 15.1. The highest BCUT2D eigenvalue weighted by Crippen LogP contribution is 2.48. The van der Waals surface area contributed by atoms with Crippen molar-refractivity contribution in [3.63, 3.8) is 0 Å². The lowest BCUT2D eigenvalue weighted by Gasteiger charge is -2.33. The maximum Gasteiger partial charge on any atom is 0.268 e. The number of phosphoric acid groups is 2. The van der Waals surface area contributed by atoms with Crippen LogP contribution < -0.4 is 9.79 Å². The lowest BCUT2D eigenvalue weighted by atomic mass is 10.00. The Morgan fingerprint density at radius 3 is 1.53 bits per heavy atom. The number of aliphatic hydroxyl groups is 2. The highest BCUT2D eigenvalue weighted by Gasteiger charge is 2.45. The van der Waals surface area contributed by atoms with E-state index in [9.17, 15) is 29.1 Å². The molecule has 0 aromatic rings. The van der Waals surface area contributed by atoms with Gasteiger partial charge in [0.15, 0.2) is 0 Å². The minimum atomic E-state index is -4.88. The van der Waals surface area contributed by atoms with Crippen molar-refractivity contribution in [2.45, 2.75) is 96.5 Å². The number of phosphoric ester groups is 2. The lowest BCUT2D eigenvalue weighted by molar-refractivity contribution is -0.238. The van der Waals surface area contributed by atoms with E-state index >= 15 is 0 Å². The molecule has 0 aromatic carbocycles. The van der Waals surface area contributed by atoms with Crippen LogP contribution in [0.3, 0.4) is 0 Å². The van der Waals surface area contributed by atoms with E-state index < -0.39 is 84.1 Å². The molecular formula is C21H38O13P2-2. The minimum Gasteiger partial charge on any atom is -0.756 e. The summed E-state index contributed by atoms with van der Waals surface area (Å²) in [5.74, 6) is -0.938. The van der Waals surface area contributed by atoms with Gasteiger partial charge in [0.1, 0.15) is 18.3 Å². The molecule has 3 aliphatic rings. The summed E-state index contributed by atoms with van der Waals surface area (Å²) in [4.78, 5) is 25.1. The van der Waals surface area contributed by atoms with Gasteiger partial charge in [-0.3, -0.25) is 9.13 Å². The van der Waals surface area contributed by atoms with Gasteiger partial charge in [0.2, 0.25) is 0 Å². The van der Waals surface area contributed by atoms with Crippen LogP contribution in [0, 0.1) is 17.8 Å². The molecule has 13 nitrogen and oxygen atoms in total. The molecule has 212 valence electrons. The van der Waals surface area contributed by atoms with Gasteiger partial charge in [-0.15, -0.1) is 0 Å². The van der Waals surface area contributed by atoms with Crippen LogP contribution in [0.1, 0.15) is 41.5 Å². The van der Waals surface area contributed by atoms with Gasteiger partial charge in [-0.1, -0.05) is 20.8 Å². The van der Waals surface area contributed by atoms with Gasteiger partial charge in [-0.05, 0) is 20.8 Å². The molecule has 3 fully saturated rings. The van der Waals surface area contributed by atoms with Crippen LogP contribution in [-0.4, -0.2) is 85.0 Å². The Labute approximate surface area is 211 Å². The van der Waals surface area contributed by atoms with E-state index in [1.165, 1.54) is 0 Å². The van der Waals surface area contributed by atoms with Gasteiger partial charge in [0.25, 0.3) is 15.6 Å². The monoisotopic (exact) mass is 560 g/mol. The Morgan fingerprint density at radius 2 is 1.08 bits per heavy atom. The summed E-state index contributed by atoms with van der Waals surface area (Å²) in [6, 6.07) is 0. The van der Waals surface area contributed by atoms with Crippen LogP contribution in [0.2, 0.25) is 0 Å². The molecule has 3 saturated heterocycles. The average Bonchev–Trinajstić information content (AvgIpc) is 3.33. The maximum atomic E-state index is 12.5. The average molecular weight is 560 g/mol. The van der Waals surface area contributed by atoms with Crippen molar-refractivity contribution in [2.75, 3.05) is 19.8 Å². The van der Waals surface area contributed by atoms with Crippen molar-refractivity contribution in [2.24, 2.45) is 17.8 Å². The fourth-order valence-electron chi connectivity index (χ4n) is 4.70. The zero-order valence-corrected chi connectivity index (χ0v) is 23.1. The van der Waals surface area contributed by atoms with Crippen LogP contribution >= 0.6 is 15.6 Å². The first kappa shape index (κ1) is 30.6. The molecule has 0 aliphatic carbocycles. The molecule has 3 aliphatic heterocycles. The summed E-state index contributed by atoms with van der Waals surface area (Å²) in [7, 11) is -9.75. The Balaban J connectivity index is 1.57. The standard InChI is InChI=1S/C21H40O13P2/c1-10-13(4)31-17(19(10)23)8-28-35(24,25)34-21-12(3)15(6)32-18(21)9-29-36(26,27)33-20-11(2)14(5)30-16(20)7-22/h10-23H,7-9H2,1-6H3,(H,24,25)(H,26,27)/p-2/t10?,11?,12?,13-,14-,15-,16+,17+,18+,19+,20+,21+/m0/s1. The first-order valence-electron chi connectivity index (χ1n) is 12.2. The van der Waals surface area contributed by atoms with Crippen molar-refractivity contribution in [1.29, 1.82) is 0 Å². The van der Waals surface area contributed by atoms with Crippen LogP contribution in [0.4, 0.5) is 0 Å². The van der Waals surface area contributed by atoms with Crippen molar-refractivity contribution < 1.29 is 61.4 Å². The summed E-state index contributed by atoms with van der Waals surface area (Å²) < 4.78 is 62.2. The Hall–Kier alpha value is 0.0200. The second kappa shape index (κ2) is 12.0. The van der Waals surface area contributed by atoms with Gasteiger partial charge in [-0.25, -0.2) is 0 Å². The maximum absolute atomic E-state index is 12.5. The zero-order valence-electron chi connectivity index (χ0n) is 21.3. The molecule has 3 heterocycles. The molecule has 0 saturated carbocycles. The number of ether oxygens (including phenoxy) is 3. The second-order valence-electron chi connectivity index (χ2n) is 10.0. The molecule has 0 radical (unpaired) electrons. The third-order valence-corrected chi connectivity index (χ3v) is 9.49. The second-order valence-corrected chi connectivity index (χ2v) is 12.7. The molecular weight excluding hydrogens is 522 g/mol. The van der Waals surface area contributed by atoms with E-state index in [0.29, 0.717) is 0 Å². The summed E-state index contributed by atoms with van der Waals surface area (Å²) in [5, 5.41) is 19.6. The Kier molecular flexibility index (Phi) is 10.2. The topological polar surface area (TPSA) is 185 Å². The van der Waals surface area contributed by atoms with E-state index in [4.69, 9.17) is 32.3 Å². The fraction of sp³-hybridized carbons (Fsp3) is 1.00. The van der Waals surface area contributed by atoms with Crippen LogP contribution in [-0.2, 0) is 41.4 Å². The largest absolute Gasteiger partial charge is 0.756 e. The molecule has 14 atom stereocenters. The highest BCUT2D eigenvalue weighted by atomic mass is 31.2. The van der Waals surface area contributed by atoms with Crippen molar-refractivity contribution >= 4 is 15.6 Å². The van der Waals surface area contributed by atoms with Gasteiger partial charge in [0.05, 0.1) is 56.4 Å². The van der Waals surface area contributed by atoms with Gasteiger partial charge >= 0.3 is 0 Å². The van der Waals surface area contributed by atoms with E-state index in [0.717, 1.165) is 0 Å². The van der Waals surface area contributed by atoms with Crippen LogP contribution in [0.5, 0.6) is 0 Å². The van der Waals surface area contributed by atoms with Crippen molar-refractivity contribution in [1.82, 2.24) is 0 Å². The molecule has 2 N–H and O–H groups in total. The number of hydrogen-bond acceptors (Lipinski definition) is 13. The zero-order chi connectivity index (χ0) is 27.0.